The number of benzene rings is 1. The lowest BCUT2D eigenvalue weighted by atomic mass is 10.2. The Morgan fingerprint density at radius 1 is 1.35 bits per heavy atom. The lowest BCUT2D eigenvalue weighted by Gasteiger charge is -2.26. The molecule has 0 bridgehead atoms. The van der Waals surface area contributed by atoms with Crippen LogP contribution in [0.3, 0.4) is 0 Å². The fourth-order valence-electron chi connectivity index (χ4n) is 2.32. The van der Waals surface area contributed by atoms with Crippen LogP contribution in [0.4, 0.5) is 5.69 Å². The highest BCUT2D eigenvalue weighted by atomic mass is 32.2. The van der Waals surface area contributed by atoms with Gasteiger partial charge in [0.1, 0.15) is 4.90 Å². The van der Waals surface area contributed by atoms with Crippen LogP contribution in [0.25, 0.3) is 0 Å². The van der Waals surface area contributed by atoms with E-state index in [0.29, 0.717) is 24.0 Å². The second-order valence-corrected chi connectivity index (χ2v) is 7.14. The summed E-state index contributed by atoms with van der Waals surface area (Å²) in [6, 6.07) is 7.45. The summed E-state index contributed by atoms with van der Waals surface area (Å²) in [7, 11) is -3.49. The van der Waals surface area contributed by atoms with E-state index < -0.39 is 10.0 Å². The summed E-state index contributed by atoms with van der Waals surface area (Å²) in [6.07, 6.45) is 2.21. The van der Waals surface area contributed by atoms with Gasteiger partial charge < -0.3 is 10.6 Å². The summed E-state index contributed by atoms with van der Waals surface area (Å²) in [4.78, 5) is 2.46. The van der Waals surface area contributed by atoms with Crippen molar-refractivity contribution in [3.8, 4) is 0 Å². The second kappa shape index (κ2) is 6.11. The van der Waals surface area contributed by atoms with Gasteiger partial charge in [-0.25, -0.2) is 13.1 Å². The van der Waals surface area contributed by atoms with Crippen molar-refractivity contribution in [2.75, 3.05) is 18.0 Å². The Morgan fingerprint density at radius 3 is 2.55 bits per heavy atom. The number of anilines is 1. The Labute approximate surface area is 121 Å². The third kappa shape index (κ3) is 3.50. The topological polar surface area (TPSA) is 75.4 Å². The fourth-order valence-corrected chi connectivity index (χ4v) is 3.79. The number of sulfonamides is 1. The number of hydrogen-bond donors (Lipinski definition) is 2. The molecule has 0 aliphatic heterocycles. The maximum atomic E-state index is 12.4. The third-order valence-corrected chi connectivity index (χ3v) is 4.92. The average Bonchev–Trinajstić information content (AvgIpc) is 3.19. The minimum absolute atomic E-state index is 0.128. The van der Waals surface area contributed by atoms with Gasteiger partial charge in [-0.15, -0.1) is 0 Å². The number of rotatable bonds is 7. The summed E-state index contributed by atoms with van der Waals surface area (Å²) >= 11 is 0. The number of nitrogens with one attached hydrogen (secondary N) is 1. The summed E-state index contributed by atoms with van der Waals surface area (Å²) in [5.41, 5.74) is 6.42. The van der Waals surface area contributed by atoms with Crippen LogP contribution in [-0.4, -0.2) is 33.6 Å². The SMILES string of the molecule is CC(C)NS(=O)(=O)c1ccccc1N(CCN)C1CC1. The molecule has 1 aliphatic carbocycles. The fraction of sp³-hybridized carbons (Fsp3) is 0.571. The van der Waals surface area contributed by atoms with E-state index in [4.69, 9.17) is 5.73 Å². The maximum absolute atomic E-state index is 12.4. The molecule has 0 aromatic heterocycles. The first-order chi connectivity index (χ1) is 9.45. The van der Waals surface area contributed by atoms with E-state index in [1.807, 2.05) is 26.0 Å². The van der Waals surface area contributed by atoms with Crippen LogP contribution in [0.15, 0.2) is 29.2 Å². The Balaban J connectivity index is 2.39. The predicted octanol–water partition coefficient (Wildman–Crippen LogP) is 1.30. The zero-order chi connectivity index (χ0) is 14.8. The van der Waals surface area contributed by atoms with Crippen LogP contribution in [0, 0.1) is 0 Å². The van der Waals surface area contributed by atoms with Gasteiger partial charge in [0.05, 0.1) is 5.69 Å². The molecule has 0 atom stereocenters. The van der Waals surface area contributed by atoms with E-state index in [1.54, 1.807) is 12.1 Å². The molecule has 1 saturated carbocycles. The average molecular weight is 297 g/mol. The number of nitrogens with two attached hydrogens (primary N) is 1. The molecular weight excluding hydrogens is 274 g/mol. The molecule has 0 saturated heterocycles. The lowest BCUT2D eigenvalue weighted by molar-refractivity contribution is 0.569. The van der Waals surface area contributed by atoms with Gasteiger partial charge in [-0.2, -0.15) is 0 Å². The first-order valence-corrected chi connectivity index (χ1v) is 8.52. The van der Waals surface area contributed by atoms with Gasteiger partial charge in [0, 0.05) is 25.2 Å². The standard InChI is InChI=1S/C14H23N3O2S/c1-11(2)16-20(18,19)14-6-4-3-5-13(14)17(10-9-15)12-7-8-12/h3-6,11-12,16H,7-10,15H2,1-2H3. The highest BCUT2D eigenvalue weighted by Crippen LogP contribution is 2.34. The van der Waals surface area contributed by atoms with Crippen molar-refractivity contribution in [2.45, 2.75) is 43.7 Å². The van der Waals surface area contributed by atoms with Crippen LogP contribution >= 0.6 is 0 Å². The van der Waals surface area contributed by atoms with Gasteiger partial charge in [-0.1, -0.05) is 12.1 Å². The van der Waals surface area contributed by atoms with E-state index in [2.05, 4.69) is 9.62 Å². The van der Waals surface area contributed by atoms with E-state index in [-0.39, 0.29) is 6.04 Å². The van der Waals surface area contributed by atoms with Crippen LogP contribution < -0.4 is 15.4 Å². The minimum Gasteiger partial charge on any atom is -0.366 e. The predicted molar refractivity (Wildman–Crippen MR) is 81.3 cm³/mol. The van der Waals surface area contributed by atoms with Crippen LogP contribution in [0.2, 0.25) is 0 Å². The Bertz CT molecular complexity index is 553. The smallest absolute Gasteiger partial charge is 0.242 e. The molecule has 0 radical (unpaired) electrons. The molecule has 1 aromatic carbocycles. The second-order valence-electron chi connectivity index (χ2n) is 5.46. The van der Waals surface area contributed by atoms with Crippen molar-refractivity contribution in [3.63, 3.8) is 0 Å². The summed E-state index contributed by atoms with van der Waals surface area (Å²) < 4.78 is 27.5. The van der Waals surface area contributed by atoms with Crippen LogP contribution in [0.5, 0.6) is 0 Å². The zero-order valence-corrected chi connectivity index (χ0v) is 12.9. The van der Waals surface area contributed by atoms with Gasteiger partial charge >= 0.3 is 0 Å². The quantitative estimate of drug-likeness (QED) is 0.795. The molecule has 3 N–H and O–H groups in total. The Morgan fingerprint density at radius 2 is 2.00 bits per heavy atom. The summed E-state index contributed by atoms with van der Waals surface area (Å²) in [6.45, 7) is 4.83. The van der Waals surface area contributed by atoms with Gasteiger partial charge in [0.25, 0.3) is 0 Å². The molecule has 0 unspecified atom stereocenters. The van der Waals surface area contributed by atoms with Crippen molar-refractivity contribution < 1.29 is 8.42 Å². The third-order valence-electron chi connectivity index (χ3n) is 3.21. The van der Waals surface area contributed by atoms with Crippen molar-refractivity contribution >= 4 is 15.7 Å². The molecule has 2 rings (SSSR count). The molecule has 0 spiro atoms. The molecular formula is C14H23N3O2S. The Hall–Kier alpha value is -1.11. The van der Waals surface area contributed by atoms with Crippen molar-refractivity contribution in [1.82, 2.24) is 4.72 Å². The molecule has 20 heavy (non-hydrogen) atoms. The minimum atomic E-state index is -3.49. The van der Waals surface area contributed by atoms with Crippen LogP contribution in [0.1, 0.15) is 26.7 Å². The maximum Gasteiger partial charge on any atom is 0.242 e. The van der Waals surface area contributed by atoms with Gasteiger partial charge in [-0.3, -0.25) is 0 Å². The number of hydrogen-bond acceptors (Lipinski definition) is 4. The highest BCUT2D eigenvalue weighted by Gasteiger charge is 2.32. The monoisotopic (exact) mass is 297 g/mol. The summed E-state index contributed by atoms with van der Waals surface area (Å²) in [5.74, 6) is 0. The van der Waals surface area contributed by atoms with Crippen molar-refractivity contribution in [2.24, 2.45) is 5.73 Å². The van der Waals surface area contributed by atoms with E-state index in [0.717, 1.165) is 18.5 Å². The van der Waals surface area contributed by atoms with Crippen molar-refractivity contribution in [1.29, 1.82) is 0 Å². The van der Waals surface area contributed by atoms with Gasteiger partial charge in [0.2, 0.25) is 10.0 Å². The first-order valence-electron chi connectivity index (χ1n) is 7.04. The number of para-hydroxylation sites is 1. The van der Waals surface area contributed by atoms with E-state index in [1.165, 1.54) is 0 Å². The molecule has 112 valence electrons. The molecule has 1 fully saturated rings. The number of nitrogens with zero attached hydrogens (tertiary/aromatic N) is 1. The molecule has 1 aliphatic rings. The molecule has 6 heteroatoms. The molecule has 5 nitrogen and oxygen atoms in total. The van der Waals surface area contributed by atoms with Crippen LogP contribution in [-0.2, 0) is 10.0 Å². The molecule has 0 heterocycles. The Kier molecular flexibility index (Phi) is 4.67. The molecule has 1 aromatic rings. The zero-order valence-electron chi connectivity index (χ0n) is 12.0. The van der Waals surface area contributed by atoms with E-state index >= 15 is 0 Å². The van der Waals surface area contributed by atoms with E-state index in [9.17, 15) is 8.42 Å². The summed E-state index contributed by atoms with van der Waals surface area (Å²) in [5, 5.41) is 0. The highest BCUT2D eigenvalue weighted by molar-refractivity contribution is 7.89. The van der Waals surface area contributed by atoms with Gasteiger partial charge in [0.15, 0.2) is 0 Å². The van der Waals surface area contributed by atoms with Gasteiger partial charge in [-0.05, 0) is 38.8 Å². The lowest BCUT2D eigenvalue weighted by Crippen LogP contribution is -2.35. The van der Waals surface area contributed by atoms with Crippen molar-refractivity contribution in [3.05, 3.63) is 24.3 Å². The largest absolute Gasteiger partial charge is 0.366 e. The normalized spacial score (nSPS) is 15.6. The first kappa shape index (κ1) is 15.3. The molecule has 0 amide bonds.